The molecule has 3 rings (SSSR count). The normalized spacial score (nSPS) is 11.6. The van der Waals surface area contributed by atoms with Crippen molar-refractivity contribution in [3.05, 3.63) is 52.7 Å². The SMILES string of the molecule is CCCCN(CCCC)Cc1c(F)cc(-c2cc3c(Cl)ccnc3[nH]2)cc1F. The van der Waals surface area contributed by atoms with Crippen molar-refractivity contribution in [1.82, 2.24) is 14.9 Å². The van der Waals surface area contributed by atoms with E-state index in [2.05, 4.69) is 28.7 Å². The highest BCUT2D eigenvalue weighted by Crippen LogP contribution is 2.30. The van der Waals surface area contributed by atoms with Gasteiger partial charge in [-0.1, -0.05) is 38.3 Å². The fraction of sp³-hybridized carbons (Fsp3) is 0.409. The van der Waals surface area contributed by atoms with Crippen molar-refractivity contribution in [3.8, 4) is 11.3 Å². The number of rotatable bonds is 9. The Morgan fingerprint density at radius 3 is 2.25 bits per heavy atom. The highest BCUT2D eigenvalue weighted by Gasteiger charge is 2.17. The van der Waals surface area contributed by atoms with Crippen LogP contribution < -0.4 is 0 Å². The number of halogens is 3. The van der Waals surface area contributed by atoms with Gasteiger partial charge in [0.05, 0.1) is 5.02 Å². The minimum atomic E-state index is -0.522. The molecule has 0 aliphatic heterocycles. The lowest BCUT2D eigenvalue weighted by Crippen LogP contribution is -2.26. The molecule has 3 aromatic rings. The minimum Gasteiger partial charge on any atom is -0.339 e. The van der Waals surface area contributed by atoms with Gasteiger partial charge < -0.3 is 4.98 Å². The minimum absolute atomic E-state index is 0.128. The number of pyridine rings is 1. The first-order valence-corrected chi connectivity index (χ1v) is 10.2. The molecule has 2 heterocycles. The summed E-state index contributed by atoms with van der Waals surface area (Å²) in [6, 6.07) is 6.23. The van der Waals surface area contributed by atoms with Gasteiger partial charge in [-0.05, 0) is 50.2 Å². The van der Waals surface area contributed by atoms with Crippen molar-refractivity contribution >= 4 is 22.6 Å². The number of hydrogen-bond acceptors (Lipinski definition) is 2. The number of benzene rings is 1. The Balaban J connectivity index is 1.87. The largest absolute Gasteiger partial charge is 0.339 e. The molecule has 0 fully saturated rings. The Labute approximate surface area is 169 Å². The lowest BCUT2D eigenvalue weighted by Gasteiger charge is -2.22. The van der Waals surface area contributed by atoms with Crippen molar-refractivity contribution in [1.29, 1.82) is 0 Å². The average molecular weight is 406 g/mol. The second-order valence-electron chi connectivity index (χ2n) is 7.14. The summed E-state index contributed by atoms with van der Waals surface area (Å²) in [6.07, 6.45) is 5.76. The third kappa shape index (κ3) is 4.70. The molecule has 0 bridgehead atoms. The molecule has 1 N–H and O–H groups in total. The van der Waals surface area contributed by atoms with Crippen molar-refractivity contribution < 1.29 is 8.78 Å². The first-order valence-electron chi connectivity index (χ1n) is 9.87. The molecule has 0 radical (unpaired) electrons. The van der Waals surface area contributed by atoms with Crippen molar-refractivity contribution in [3.63, 3.8) is 0 Å². The van der Waals surface area contributed by atoms with Gasteiger partial charge in [-0.15, -0.1) is 0 Å². The summed E-state index contributed by atoms with van der Waals surface area (Å²) in [4.78, 5) is 9.44. The van der Waals surface area contributed by atoms with Crippen LogP contribution in [0.15, 0.2) is 30.5 Å². The number of nitrogens with zero attached hydrogens (tertiary/aromatic N) is 2. The third-order valence-electron chi connectivity index (χ3n) is 4.97. The van der Waals surface area contributed by atoms with E-state index in [4.69, 9.17) is 11.6 Å². The van der Waals surface area contributed by atoms with Gasteiger partial charge in [-0.3, -0.25) is 4.90 Å². The molecule has 0 spiro atoms. The molecule has 6 heteroatoms. The molecule has 1 aromatic carbocycles. The lowest BCUT2D eigenvalue weighted by molar-refractivity contribution is 0.250. The van der Waals surface area contributed by atoms with Crippen LogP contribution in [0.2, 0.25) is 5.02 Å². The molecule has 0 aliphatic rings. The van der Waals surface area contributed by atoms with E-state index in [1.165, 1.54) is 12.1 Å². The summed E-state index contributed by atoms with van der Waals surface area (Å²) in [6.45, 7) is 6.23. The van der Waals surface area contributed by atoms with Crippen LogP contribution in [0.4, 0.5) is 8.78 Å². The summed E-state index contributed by atoms with van der Waals surface area (Å²) >= 11 is 6.17. The molecule has 28 heavy (non-hydrogen) atoms. The molecule has 0 atom stereocenters. The van der Waals surface area contributed by atoms with E-state index < -0.39 is 11.6 Å². The van der Waals surface area contributed by atoms with Crippen LogP contribution in [0.5, 0.6) is 0 Å². The van der Waals surface area contributed by atoms with E-state index in [9.17, 15) is 8.78 Å². The molecular weight excluding hydrogens is 380 g/mol. The zero-order valence-corrected chi connectivity index (χ0v) is 17.1. The van der Waals surface area contributed by atoms with Gasteiger partial charge in [0.25, 0.3) is 0 Å². The second-order valence-corrected chi connectivity index (χ2v) is 7.55. The van der Waals surface area contributed by atoms with E-state index >= 15 is 0 Å². The highest BCUT2D eigenvalue weighted by molar-refractivity contribution is 6.35. The van der Waals surface area contributed by atoms with Gasteiger partial charge in [0, 0.05) is 34.9 Å². The van der Waals surface area contributed by atoms with Gasteiger partial charge in [-0.25, -0.2) is 13.8 Å². The van der Waals surface area contributed by atoms with Crippen molar-refractivity contribution in [2.45, 2.75) is 46.1 Å². The van der Waals surface area contributed by atoms with Crippen LogP contribution in [-0.4, -0.2) is 28.0 Å². The molecular formula is C22H26ClF2N3. The number of aromatic amines is 1. The number of hydrogen-bond donors (Lipinski definition) is 1. The van der Waals surface area contributed by atoms with E-state index in [-0.39, 0.29) is 12.1 Å². The standard InChI is InChI=1S/C22H26ClF2N3/c1-3-5-9-28(10-6-4-2)14-17-19(24)11-15(12-20(17)25)21-13-16-18(23)7-8-26-22(16)27-21/h7-8,11-13H,3-6,9-10,14H2,1-2H3,(H,26,27). The highest BCUT2D eigenvalue weighted by atomic mass is 35.5. The molecule has 0 unspecified atom stereocenters. The summed E-state index contributed by atoms with van der Waals surface area (Å²) in [7, 11) is 0. The number of aromatic nitrogens is 2. The molecule has 3 nitrogen and oxygen atoms in total. The van der Waals surface area contributed by atoms with Crippen molar-refractivity contribution in [2.75, 3.05) is 13.1 Å². The molecule has 0 saturated carbocycles. The van der Waals surface area contributed by atoms with Crippen LogP contribution >= 0.6 is 11.6 Å². The van der Waals surface area contributed by atoms with Gasteiger partial charge in [0.2, 0.25) is 0 Å². The van der Waals surface area contributed by atoms with Crippen LogP contribution in [0.3, 0.4) is 0 Å². The van der Waals surface area contributed by atoms with E-state index in [0.29, 0.717) is 21.9 Å². The van der Waals surface area contributed by atoms with Crippen LogP contribution in [0, 0.1) is 11.6 Å². The molecule has 0 saturated heterocycles. The van der Waals surface area contributed by atoms with Gasteiger partial charge in [0.15, 0.2) is 0 Å². The maximum atomic E-state index is 14.8. The Morgan fingerprint density at radius 1 is 1.04 bits per heavy atom. The maximum absolute atomic E-state index is 14.8. The topological polar surface area (TPSA) is 31.9 Å². The predicted octanol–water partition coefficient (Wildman–Crippen LogP) is 6.56. The first-order chi connectivity index (χ1) is 13.5. The predicted molar refractivity (Wildman–Crippen MR) is 112 cm³/mol. The lowest BCUT2D eigenvalue weighted by atomic mass is 10.1. The third-order valence-corrected chi connectivity index (χ3v) is 5.30. The fourth-order valence-corrected chi connectivity index (χ4v) is 3.52. The fourth-order valence-electron chi connectivity index (χ4n) is 3.32. The summed E-state index contributed by atoms with van der Waals surface area (Å²) < 4.78 is 29.6. The Bertz CT molecular complexity index is 908. The Kier molecular flexibility index (Phi) is 7.03. The first kappa shape index (κ1) is 20.7. The quantitative estimate of drug-likeness (QED) is 0.437. The number of fused-ring (bicyclic) bond motifs is 1. The van der Waals surface area contributed by atoms with Gasteiger partial charge >= 0.3 is 0 Å². The van der Waals surface area contributed by atoms with E-state index in [0.717, 1.165) is 44.2 Å². The number of unbranched alkanes of at least 4 members (excludes halogenated alkanes) is 2. The summed E-state index contributed by atoms with van der Waals surface area (Å²) in [5.41, 5.74) is 1.76. The summed E-state index contributed by atoms with van der Waals surface area (Å²) in [5, 5.41) is 1.28. The van der Waals surface area contributed by atoms with Gasteiger partial charge in [-0.2, -0.15) is 0 Å². The van der Waals surface area contributed by atoms with Crippen LogP contribution in [0.25, 0.3) is 22.3 Å². The molecule has 0 amide bonds. The molecule has 150 valence electrons. The Morgan fingerprint density at radius 2 is 1.68 bits per heavy atom. The van der Waals surface area contributed by atoms with Crippen molar-refractivity contribution in [2.24, 2.45) is 0 Å². The maximum Gasteiger partial charge on any atom is 0.139 e. The monoisotopic (exact) mass is 405 g/mol. The smallest absolute Gasteiger partial charge is 0.139 e. The number of H-pyrrole nitrogens is 1. The van der Waals surface area contributed by atoms with E-state index in [1.807, 2.05) is 0 Å². The molecule has 2 aromatic heterocycles. The summed E-state index contributed by atoms with van der Waals surface area (Å²) in [5.74, 6) is -1.04. The second kappa shape index (κ2) is 9.48. The van der Waals surface area contributed by atoms with Crippen LogP contribution in [0.1, 0.15) is 45.1 Å². The Hall–Kier alpha value is -1.98. The zero-order valence-electron chi connectivity index (χ0n) is 16.4. The van der Waals surface area contributed by atoms with Gasteiger partial charge in [0.1, 0.15) is 17.3 Å². The van der Waals surface area contributed by atoms with E-state index in [1.54, 1.807) is 18.3 Å². The molecule has 0 aliphatic carbocycles. The zero-order chi connectivity index (χ0) is 20.1. The van der Waals surface area contributed by atoms with Crippen LogP contribution in [-0.2, 0) is 6.54 Å². The number of nitrogens with one attached hydrogen (secondary N) is 1. The average Bonchev–Trinajstić information content (AvgIpc) is 3.12.